The largest absolute Gasteiger partial charge is 0.497 e. The van der Waals surface area contributed by atoms with E-state index in [9.17, 15) is 4.79 Å². The smallest absolute Gasteiger partial charge is 0.294 e. The Morgan fingerprint density at radius 1 is 1.18 bits per heavy atom. The fourth-order valence-electron chi connectivity index (χ4n) is 2.92. The monoisotopic (exact) mass is 486 g/mol. The Morgan fingerprint density at radius 3 is 2.70 bits per heavy atom. The third-order valence-corrected chi connectivity index (χ3v) is 5.33. The van der Waals surface area contributed by atoms with E-state index in [4.69, 9.17) is 33.7 Å². The van der Waals surface area contributed by atoms with Crippen LogP contribution >= 0.6 is 23.2 Å². The van der Waals surface area contributed by atoms with E-state index in [0.717, 1.165) is 0 Å². The van der Waals surface area contributed by atoms with Gasteiger partial charge in [0.15, 0.2) is 5.69 Å². The second kappa shape index (κ2) is 9.27. The van der Waals surface area contributed by atoms with Gasteiger partial charge in [-0.25, -0.2) is 10.1 Å². The molecule has 0 bridgehead atoms. The number of carbonyl (C=O) groups excluding carboxylic acids is 1. The molecule has 168 valence electrons. The molecule has 0 fully saturated rings. The lowest BCUT2D eigenvalue weighted by Gasteiger charge is -2.08. The molecule has 0 spiro atoms. The molecule has 0 atom stereocenters. The first-order chi connectivity index (χ1) is 15.9. The molecule has 3 N–H and O–H groups in total. The van der Waals surface area contributed by atoms with Gasteiger partial charge in [-0.2, -0.15) is 9.78 Å². The standard InChI is InChI=1S/C20H16Cl2N8O3/c1-10(11-6-7-14(21)15(22)9-11)24-26-20(31)16-17(12-4-3-5-13(8-12)32-2)30(29-25-16)19-18(23)27-33-28-19/h3-9H,1-2H3,(H2,23,27)(H,26,31). The summed E-state index contributed by atoms with van der Waals surface area (Å²) in [5.41, 5.74) is 10.3. The molecule has 13 heteroatoms. The van der Waals surface area contributed by atoms with Crippen molar-refractivity contribution in [3.8, 4) is 22.8 Å². The predicted octanol–water partition coefficient (Wildman–Crippen LogP) is 3.37. The molecule has 2 aromatic heterocycles. The van der Waals surface area contributed by atoms with Gasteiger partial charge in [0.05, 0.1) is 22.9 Å². The van der Waals surface area contributed by atoms with Gasteiger partial charge in [0.25, 0.3) is 5.91 Å². The average Bonchev–Trinajstić information content (AvgIpc) is 3.45. The molecule has 0 unspecified atom stereocenters. The van der Waals surface area contributed by atoms with Crippen LogP contribution in [0.2, 0.25) is 10.0 Å². The van der Waals surface area contributed by atoms with Crippen molar-refractivity contribution < 1.29 is 14.2 Å². The van der Waals surface area contributed by atoms with Crippen LogP contribution in [0.4, 0.5) is 5.82 Å². The first kappa shape index (κ1) is 22.2. The summed E-state index contributed by atoms with van der Waals surface area (Å²) in [6.45, 7) is 1.71. The van der Waals surface area contributed by atoms with Crippen LogP contribution in [-0.4, -0.2) is 44.0 Å². The van der Waals surface area contributed by atoms with Gasteiger partial charge in [0.2, 0.25) is 11.6 Å². The van der Waals surface area contributed by atoms with Crippen molar-refractivity contribution in [1.29, 1.82) is 0 Å². The normalized spacial score (nSPS) is 11.5. The van der Waals surface area contributed by atoms with Gasteiger partial charge < -0.3 is 10.5 Å². The molecule has 0 radical (unpaired) electrons. The molecule has 0 aliphatic carbocycles. The summed E-state index contributed by atoms with van der Waals surface area (Å²) in [6.07, 6.45) is 0. The van der Waals surface area contributed by atoms with E-state index in [1.54, 1.807) is 49.4 Å². The SMILES string of the molecule is COc1cccc(-c2c(C(=O)NN=C(C)c3ccc(Cl)c(Cl)c3)nnn2-c2nonc2N)c1. The Kier molecular flexibility index (Phi) is 6.24. The second-order valence-electron chi connectivity index (χ2n) is 6.67. The molecule has 4 rings (SSSR count). The minimum absolute atomic E-state index is 0.0236. The Labute approximate surface area is 197 Å². The number of nitrogens with two attached hydrogens (primary N) is 1. The summed E-state index contributed by atoms with van der Waals surface area (Å²) >= 11 is 12.0. The number of halogens is 2. The van der Waals surface area contributed by atoms with Gasteiger partial charge in [-0.1, -0.05) is 46.6 Å². The molecule has 0 aliphatic rings. The molecule has 0 saturated heterocycles. The van der Waals surface area contributed by atoms with Gasteiger partial charge in [-0.3, -0.25) is 4.79 Å². The average molecular weight is 487 g/mol. The number of hydrogen-bond donors (Lipinski definition) is 2. The zero-order valence-corrected chi connectivity index (χ0v) is 18.8. The summed E-state index contributed by atoms with van der Waals surface area (Å²) < 4.78 is 11.2. The summed E-state index contributed by atoms with van der Waals surface area (Å²) in [4.78, 5) is 13.0. The number of hydrogen-bond acceptors (Lipinski definition) is 9. The van der Waals surface area contributed by atoms with Crippen LogP contribution in [-0.2, 0) is 0 Å². The first-order valence-electron chi connectivity index (χ1n) is 9.37. The fraction of sp³-hybridized carbons (Fsp3) is 0.100. The van der Waals surface area contributed by atoms with Crippen molar-refractivity contribution in [2.24, 2.45) is 5.10 Å². The van der Waals surface area contributed by atoms with E-state index in [1.807, 2.05) is 0 Å². The third-order valence-electron chi connectivity index (χ3n) is 4.59. The summed E-state index contributed by atoms with van der Waals surface area (Å²) in [5.74, 6) is -0.000749. The molecule has 11 nitrogen and oxygen atoms in total. The minimum atomic E-state index is -0.617. The zero-order chi connectivity index (χ0) is 23.5. The number of amides is 1. The summed E-state index contributed by atoms with van der Waals surface area (Å²) in [7, 11) is 1.53. The maximum Gasteiger partial charge on any atom is 0.294 e. The van der Waals surface area contributed by atoms with Crippen molar-refractivity contribution in [3.05, 3.63) is 63.8 Å². The molecule has 4 aromatic rings. The van der Waals surface area contributed by atoms with Crippen LogP contribution in [0.1, 0.15) is 23.0 Å². The number of hydrazone groups is 1. The number of rotatable bonds is 6. The molecule has 0 saturated carbocycles. The molecular formula is C20H16Cl2N8O3. The highest BCUT2D eigenvalue weighted by atomic mass is 35.5. The van der Waals surface area contributed by atoms with Crippen molar-refractivity contribution >= 4 is 40.6 Å². The number of benzene rings is 2. The predicted molar refractivity (Wildman–Crippen MR) is 122 cm³/mol. The van der Waals surface area contributed by atoms with E-state index < -0.39 is 5.91 Å². The summed E-state index contributed by atoms with van der Waals surface area (Å²) in [5, 5.41) is 20.3. The zero-order valence-electron chi connectivity index (χ0n) is 17.3. The minimum Gasteiger partial charge on any atom is -0.497 e. The van der Waals surface area contributed by atoms with Gasteiger partial charge in [0, 0.05) is 5.56 Å². The van der Waals surface area contributed by atoms with E-state index in [2.05, 4.69) is 35.8 Å². The van der Waals surface area contributed by atoms with E-state index in [-0.39, 0.29) is 23.0 Å². The number of nitrogen functional groups attached to an aromatic ring is 1. The highest BCUT2D eigenvalue weighted by molar-refractivity contribution is 6.42. The number of methoxy groups -OCH3 is 1. The van der Waals surface area contributed by atoms with Crippen LogP contribution in [0.5, 0.6) is 5.75 Å². The van der Waals surface area contributed by atoms with Crippen LogP contribution in [0.25, 0.3) is 17.1 Å². The Balaban J connectivity index is 1.72. The molecule has 33 heavy (non-hydrogen) atoms. The lowest BCUT2D eigenvalue weighted by molar-refractivity contribution is 0.0950. The van der Waals surface area contributed by atoms with Crippen LogP contribution in [0.15, 0.2) is 52.2 Å². The molecule has 2 heterocycles. The number of nitrogens with one attached hydrogen (secondary N) is 1. The third kappa shape index (κ3) is 4.49. The van der Waals surface area contributed by atoms with Gasteiger partial charge >= 0.3 is 0 Å². The summed E-state index contributed by atoms with van der Waals surface area (Å²) in [6, 6.07) is 12.0. The molecule has 0 aliphatic heterocycles. The topological polar surface area (TPSA) is 146 Å². The Hall–Kier alpha value is -3.96. The highest BCUT2D eigenvalue weighted by Crippen LogP contribution is 2.29. The van der Waals surface area contributed by atoms with Crippen molar-refractivity contribution in [3.63, 3.8) is 0 Å². The fourth-order valence-corrected chi connectivity index (χ4v) is 3.22. The molecule has 1 amide bonds. The van der Waals surface area contributed by atoms with Crippen LogP contribution in [0.3, 0.4) is 0 Å². The number of anilines is 1. The number of nitrogens with zero attached hydrogens (tertiary/aromatic N) is 6. The first-order valence-corrected chi connectivity index (χ1v) is 10.1. The number of aromatic nitrogens is 5. The van der Waals surface area contributed by atoms with Crippen molar-refractivity contribution in [2.75, 3.05) is 12.8 Å². The van der Waals surface area contributed by atoms with Gasteiger partial charge in [0.1, 0.15) is 11.4 Å². The Morgan fingerprint density at radius 2 is 2.00 bits per heavy atom. The lowest BCUT2D eigenvalue weighted by atomic mass is 10.1. The van der Waals surface area contributed by atoms with Crippen molar-refractivity contribution in [1.82, 2.24) is 30.7 Å². The van der Waals surface area contributed by atoms with Crippen LogP contribution < -0.4 is 15.9 Å². The molecular weight excluding hydrogens is 471 g/mol. The maximum absolute atomic E-state index is 13.0. The quantitative estimate of drug-likeness (QED) is 0.311. The van der Waals surface area contributed by atoms with E-state index in [0.29, 0.717) is 32.6 Å². The molecule has 2 aromatic carbocycles. The van der Waals surface area contributed by atoms with E-state index in [1.165, 1.54) is 11.8 Å². The Bertz CT molecular complexity index is 1370. The number of ether oxygens (including phenoxy) is 1. The van der Waals surface area contributed by atoms with Gasteiger partial charge in [-0.05, 0) is 47.1 Å². The van der Waals surface area contributed by atoms with Gasteiger partial charge in [-0.15, -0.1) is 5.10 Å². The van der Waals surface area contributed by atoms with E-state index >= 15 is 0 Å². The van der Waals surface area contributed by atoms with Crippen molar-refractivity contribution in [2.45, 2.75) is 6.92 Å². The maximum atomic E-state index is 13.0. The van der Waals surface area contributed by atoms with Crippen LogP contribution in [0, 0.1) is 0 Å². The second-order valence-corrected chi connectivity index (χ2v) is 7.48. The lowest BCUT2D eigenvalue weighted by Crippen LogP contribution is -2.21. The number of carbonyl (C=O) groups is 1. The highest BCUT2D eigenvalue weighted by Gasteiger charge is 2.25.